The van der Waals surface area contributed by atoms with Gasteiger partial charge < -0.3 is 15.0 Å². The van der Waals surface area contributed by atoms with Crippen LogP contribution in [-0.2, 0) is 11.8 Å². The zero-order chi connectivity index (χ0) is 15.1. The van der Waals surface area contributed by atoms with Gasteiger partial charge in [-0.25, -0.2) is 9.97 Å². The van der Waals surface area contributed by atoms with Crippen LogP contribution < -0.4 is 5.32 Å². The maximum absolute atomic E-state index is 11.4. The van der Waals surface area contributed by atoms with E-state index in [0.29, 0.717) is 5.82 Å². The predicted molar refractivity (Wildman–Crippen MR) is 77.6 cm³/mol. The molecule has 6 nitrogen and oxygen atoms in total. The number of pyridine rings is 1. The first kappa shape index (κ1) is 14.3. The maximum Gasteiger partial charge on any atom is 0.311 e. The van der Waals surface area contributed by atoms with E-state index < -0.39 is 16.9 Å². The molecule has 0 radical (unpaired) electrons. The van der Waals surface area contributed by atoms with Gasteiger partial charge in [0.1, 0.15) is 5.52 Å². The second kappa shape index (κ2) is 4.47. The molecule has 0 aliphatic rings. The second-order valence-electron chi connectivity index (χ2n) is 6.06. The number of carboxylic acids is 1. The Hall–Kier alpha value is -2.11. The van der Waals surface area contributed by atoms with Crippen molar-refractivity contribution in [3.8, 4) is 0 Å². The van der Waals surface area contributed by atoms with Gasteiger partial charge in [-0.3, -0.25) is 4.79 Å². The van der Waals surface area contributed by atoms with Crippen LogP contribution in [-0.4, -0.2) is 31.1 Å². The molecule has 2 heterocycles. The van der Waals surface area contributed by atoms with Crippen molar-refractivity contribution in [2.45, 2.75) is 33.2 Å². The molecular formula is C14H20N4O2. The second-order valence-corrected chi connectivity index (χ2v) is 6.06. The average Bonchev–Trinajstić information content (AvgIpc) is 2.72. The molecule has 0 unspecified atom stereocenters. The molecule has 6 heteroatoms. The van der Waals surface area contributed by atoms with Crippen LogP contribution in [0.2, 0.25) is 0 Å². The van der Waals surface area contributed by atoms with Crippen LogP contribution in [0, 0.1) is 5.41 Å². The molecule has 0 aliphatic heterocycles. The SMILES string of the molecule is Cn1cnc2c(NC(C)(C)C(C)(C)C(=O)O)nccc21. The molecule has 2 aromatic rings. The molecule has 0 saturated heterocycles. The van der Waals surface area contributed by atoms with E-state index in [2.05, 4.69) is 15.3 Å². The number of aromatic nitrogens is 3. The van der Waals surface area contributed by atoms with Crippen LogP contribution in [0.1, 0.15) is 27.7 Å². The molecule has 2 N–H and O–H groups in total. The molecule has 2 aromatic heterocycles. The molecule has 0 fully saturated rings. The third-order valence-electron chi connectivity index (χ3n) is 4.17. The molecule has 0 amide bonds. The Morgan fingerprint density at radius 1 is 1.30 bits per heavy atom. The molecule has 0 atom stereocenters. The van der Waals surface area contributed by atoms with E-state index in [0.717, 1.165) is 11.0 Å². The van der Waals surface area contributed by atoms with Gasteiger partial charge in [-0.1, -0.05) is 0 Å². The van der Waals surface area contributed by atoms with Crippen molar-refractivity contribution in [3.63, 3.8) is 0 Å². The highest BCUT2D eigenvalue weighted by Gasteiger charge is 2.44. The van der Waals surface area contributed by atoms with Crippen LogP contribution in [0.4, 0.5) is 5.82 Å². The highest BCUT2D eigenvalue weighted by atomic mass is 16.4. The maximum atomic E-state index is 11.4. The van der Waals surface area contributed by atoms with E-state index in [1.165, 1.54) is 0 Å². The summed E-state index contributed by atoms with van der Waals surface area (Å²) in [6.45, 7) is 7.09. The number of rotatable bonds is 4. The van der Waals surface area contributed by atoms with E-state index >= 15 is 0 Å². The molecule has 0 saturated carbocycles. The van der Waals surface area contributed by atoms with Crippen LogP contribution in [0.25, 0.3) is 11.0 Å². The van der Waals surface area contributed by atoms with Gasteiger partial charge >= 0.3 is 5.97 Å². The number of hydrogen-bond acceptors (Lipinski definition) is 4. The number of carboxylic acid groups (broad SMARTS) is 1. The van der Waals surface area contributed by atoms with Gasteiger partial charge in [0.15, 0.2) is 5.82 Å². The fourth-order valence-corrected chi connectivity index (χ4v) is 1.87. The van der Waals surface area contributed by atoms with Gasteiger partial charge in [-0.15, -0.1) is 0 Å². The summed E-state index contributed by atoms with van der Waals surface area (Å²) < 4.78 is 1.90. The Bertz CT molecular complexity index is 658. The third-order valence-corrected chi connectivity index (χ3v) is 4.17. The first-order valence-electron chi connectivity index (χ1n) is 6.44. The molecule has 20 heavy (non-hydrogen) atoms. The fourth-order valence-electron chi connectivity index (χ4n) is 1.87. The topological polar surface area (TPSA) is 80.0 Å². The highest BCUT2D eigenvalue weighted by Crippen LogP contribution is 2.34. The standard InChI is InChI=1S/C14H20N4O2/c1-13(2,12(19)20)14(3,4)17-11-10-9(6-7-15-11)18(5)8-16-10/h6-8H,1-5H3,(H,15,17)(H,19,20). The summed E-state index contributed by atoms with van der Waals surface area (Å²) in [5, 5.41) is 12.6. The summed E-state index contributed by atoms with van der Waals surface area (Å²) in [5.41, 5.74) is 0.0548. The Balaban J connectivity index is 2.44. The van der Waals surface area contributed by atoms with Crippen LogP contribution in [0.3, 0.4) is 0 Å². The average molecular weight is 276 g/mol. The number of anilines is 1. The minimum Gasteiger partial charge on any atom is -0.481 e. The summed E-state index contributed by atoms with van der Waals surface area (Å²) in [6.07, 6.45) is 3.41. The smallest absolute Gasteiger partial charge is 0.311 e. The zero-order valence-electron chi connectivity index (χ0n) is 12.4. The lowest BCUT2D eigenvalue weighted by Crippen LogP contribution is -2.50. The minimum absolute atomic E-state index is 0.599. The number of aryl methyl sites for hydroxylation is 1. The van der Waals surface area contributed by atoms with E-state index in [1.807, 2.05) is 31.5 Å². The number of fused-ring (bicyclic) bond motifs is 1. The number of aliphatic carboxylic acids is 1. The number of nitrogens with one attached hydrogen (secondary N) is 1. The zero-order valence-corrected chi connectivity index (χ0v) is 12.4. The van der Waals surface area contributed by atoms with Gasteiger partial charge in [0.2, 0.25) is 0 Å². The van der Waals surface area contributed by atoms with Gasteiger partial charge in [0, 0.05) is 18.8 Å². The van der Waals surface area contributed by atoms with E-state index in [-0.39, 0.29) is 0 Å². The summed E-state index contributed by atoms with van der Waals surface area (Å²) in [7, 11) is 1.91. The largest absolute Gasteiger partial charge is 0.481 e. The third kappa shape index (κ3) is 2.11. The van der Waals surface area contributed by atoms with E-state index in [1.54, 1.807) is 26.4 Å². The lowest BCUT2D eigenvalue weighted by Gasteiger charge is -2.39. The van der Waals surface area contributed by atoms with Gasteiger partial charge in [-0.2, -0.15) is 0 Å². The monoisotopic (exact) mass is 276 g/mol. The highest BCUT2D eigenvalue weighted by molar-refractivity contribution is 5.86. The van der Waals surface area contributed by atoms with Crippen LogP contribution in [0.15, 0.2) is 18.6 Å². The Morgan fingerprint density at radius 3 is 2.55 bits per heavy atom. The van der Waals surface area contributed by atoms with E-state index in [9.17, 15) is 9.90 Å². The van der Waals surface area contributed by atoms with Crippen LogP contribution >= 0.6 is 0 Å². The molecule has 0 spiro atoms. The predicted octanol–water partition coefficient (Wildman–Crippen LogP) is 2.27. The first-order valence-corrected chi connectivity index (χ1v) is 6.44. The molecule has 0 bridgehead atoms. The van der Waals surface area contributed by atoms with E-state index in [4.69, 9.17) is 0 Å². The fraction of sp³-hybridized carbons (Fsp3) is 0.500. The lowest BCUT2D eigenvalue weighted by molar-refractivity contribution is -0.149. The number of nitrogens with zero attached hydrogens (tertiary/aromatic N) is 3. The van der Waals surface area contributed by atoms with Crippen molar-refractivity contribution < 1.29 is 9.90 Å². The summed E-state index contributed by atoms with van der Waals surface area (Å²) in [4.78, 5) is 20.1. The Morgan fingerprint density at radius 2 is 1.95 bits per heavy atom. The molecule has 0 aromatic carbocycles. The first-order chi connectivity index (χ1) is 9.17. The molecular weight excluding hydrogens is 256 g/mol. The van der Waals surface area contributed by atoms with Crippen molar-refractivity contribution in [2.75, 3.05) is 5.32 Å². The van der Waals surface area contributed by atoms with Gasteiger partial charge in [0.25, 0.3) is 0 Å². The van der Waals surface area contributed by atoms with Crippen molar-refractivity contribution in [1.82, 2.24) is 14.5 Å². The minimum atomic E-state index is -0.953. The van der Waals surface area contributed by atoms with Crippen molar-refractivity contribution in [1.29, 1.82) is 0 Å². The molecule has 0 aliphatic carbocycles. The van der Waals surface area contributed by atoms with Crippen molar-refractivity contribution in [2.24, 2.45) is 12.5 Å². The Labute approximate surface area is 117 Å². The van der Waals surface area contributed by atoms with Crippen molar-refractivity contribution in [3.05, 3.63) is 18.6 Å². The summed E-state index contributed by atoms with van der Waals surface area (Å²) >= 11 is 0. The quantitative estimate of drug-likeness (QED) is 0.895. The summed E-state index contributed by atoms with van der Waals surface area (Å²) in [6, 6.07) is 1.88. The number of hydrogen-bond donors (Lipinski definition) is 2. The van der Waals surface area contributed by atoms with Gasteiger partial charge in [0.05, 0.1) is 17.3 Å². The number of imidazole rings is 1. The van der Waals surface area contributed by atoms with Gasteiger partial charge in [-0.05, 0) is 33.8 Å². The number of carbonyl (C=O) groups is 1. The molecule has 2 rings (SSSR count). The normalized spacial score (nSPS) is 12.7. The molecule has 108 valence electrons. The summed E-state index contributed by atoms with van der Waals surface area (Å²) in [5.74, 6) is -0.259. The van der Waals surface area contributed by atoms with Crippen molar-refractivity contribution >= 4 is 22.8 Å². The lowest BCUT2D eigenvalue weighted by atomic mass is 9.74. The Kier molecular flexibility index (Phi) is 3.20. The van der Waals surface area contributed by atoms with Crippen LogP contribution in [0.5, 0.6) is 0 Å².